The summed E-state index contributed by atoms with van der Waals surface area (Å²) < 4.78 is -0.136. The molecule has 1 aromatic rings. The van der Waals surface area contributed by atoms with E-state index in [-0.39, 0.29) is 10.2 Å². The Morgan fingerprint density at radius 2 is 1.76 bits per heavy atom. The number of benzene rings is 1. The second-order valence-electron chi connectivity index (χ2n) is 5.84. The molecule has 0 heterocycles. The summed E-state index contributed by atoms with van der Waals surface area (Å²) in [6, 6.07) is 11.2. The highest BCUT2D eigenvalue weighted by molar-refractivity contribution is 8.01. The molecule has 0 saturated heterocycles. The van der Waals surface area contributed by atoms with Gasteiger partial charge in [0.15, 0.2) is 0 Å². The minimum atomic E-state index is -0.136. The predicted octanol–water partition coefficient (Wildman–Crippen LogP) is 4.52. The van der Waals surface area contributed by atoms with Gasteiger partial charge in [-0.2, -0.15) is 5.26 Å². The molecule has 1 aliphatic rings. The van der Waals surface area contributed by atoms with Crippen molar-refractivity contribution in [1.82, 2.24) is 0 Å². The van der Waals surface area contributed by atoms with Crippen molar-refractivity contribution in [2.75, 3.05) is 0 Å². The highest BCUT2D eigenvalue weighted by atomic mass is 32.2. The van der Waals surface area contributed by atoms with E-state index in [0.29, 0.717) is 0 Å². The summed E-state index contributed by atoms with van der Waals surface area (Å²) in [6.45, 7) is 6.66. The van der Waals surface area contributed by atoms with Gasteiger partial charge in [0.1, 0.15) is 4.75 Å². The van der Waals surface area contributed by atoms with Crippen molar-refractivity contribution >= 4 is 11.8 Å². The van der Waals surface area contributed by atoms with E-state index in [1.165, 1.54) is 16.9 Å². The molecule has 0 unspecified atom stereocenters. The molecule has 17 heavy (non-hydrogen) atoms. The quantitative estimate of drug-likeness (QED) is 0.764. The van der Waals surface area contributed by atoms with Crippen LogP contribution in [-0.4, -0.2) is 4.75 Å². The number of hydrogen-bond acceptors (Lipinski definition) is 2. The smallest absolute Gasteiger partial charge is 0.107 e. The van der Waals surface area contributed by atoms with Crippen molar-refractivity contribution in [3.8, 4) is 6.07 Å². The molecule has 90 valence electrons. The van der Waals surface area contributed by atoms with Crippen LogP contribution in [0.2, 0.25) is 0 Å². The molecule has 0 aromatic heterocycles. The number of nitriles is 1. The highest BCUT2D eigenvalue weighted by Gasteiger charge is 2.38. The molecule has 0 N–H and O–H groups in total. The van der Waals surface area contributed by atoms with Gasteiger partial charge < -0.3 is 0 Å². The Morgan fingerprint density at radius 1 is 1.18 bits per heavy atom. The number of nitrogens with zero attached hydrogens (tertiary/aromatic N) is 1. The summed E-state index contributed by atoms with van der Waals surface area (Å²) in [5, 5.41) is 9.21. The van der Waals surface area contributed by atoms with E-state index in [2.05, 4.69) is 51.1 Å². The lowest BCUT2D eigenvalue weighted by molar-refractivity contribution is 0.440. The third-order valence-electron chi connectivity index (χ3n) is 3.40. The van der Waals surface area contributed by atoms with Crippen LogP contribution in [0.25, 0.3) is 0 Å². The average molecular weight is 245 g/mol. The number of thioether (sulfide) groups is 1. The molecule has 1 aromatic carbocycles. The van der Waals surface area contributed by atoms with Crippen LogP contribution in [0.15, 0.2) is 29.2 Å². The maximum Gasteiger partial charge on any atom is 0.107 e. The van der Waals surface area contributed by atoms with E-state index in [1.54, 1.807) is 11.8 Å². The monoisotopic (exact) mass is 245 g/mol. The Bertz CT molecular complexity index is 429. The Morgan fingerprint density at radius 3 is 2.12 bits per heavy atom. The molecule has 1 aliphatic carbocycles. The summed E-state index contributed by atoms with van der Waals surface area (Å²) in [4.78, 5) is 1.22. The van der Waals surface area contributed by atoms with Crippen LogP contribution >= 0.6 is 11.8 Å². The fraction of sp³-hybridized carbons (Fsp3) is 0.533. The third kappa shape index (κ3) is 2.66. The summed E-state index contributed by atoms with van der Waals surface area (Å²) in [5.74, 6) is 0. The second-order valence-corrected chi connectivity index (χ2v) is 7.29. The van der Waals surface area contributed by atoms with Crippen LogP contribution in [0.1, 0.15) is 45.6 Å². The Hall–Kier alpha value is -0.940. The maximum atomic E-state index is 9.21. The van der Waals surface area contributed by atoms with Gasteiger partial charge in [-0.3, -0.25) is 0 Å². The van der Waals surface area contributed by atoms with E-state index in [9.17, 15) is 5.26 Å². The van der Waals surface area contributed by atoms with Crippen molar-refractivity contribution in [2.24, 2.45) is 0 Å². The zero-order valence-electron chi connectivity index (χ0n) is 10.8. The fourth-order valence-corrected chi connectivity index (χ4v) is 3.24. The maximum absolute atomic E-state index is 9.21. The lowest BCUT2D eigenvalue weighted by atomic mass is 9.86. The standard InChI is InChI=1S/C15H19NS/c1-14(2,3)12-5-7-13(8-6-12)17-15(11-16)9-4-10-15/h5-8H,4,9-10H2,1-3H3. The molecule has 0 aliphatic heterocycles. The molecule has 0 spiro atoms. The van der Waals surface area contributed by atoms with Crippen LogP contribution in [0.3, 0.4) is 0 Å². The Kier molecular flexibility index (Phi) is 3.23. The van der Waals surface area contributed by atoms with E-state index >= 15 is 0 Å². The molecule has 0 radical (unpaired) electrons. The van der Waals surface area contributed by atoms with Crippen LogP contribution in [0, 0.1) is 11.3 Å². The minimum Gasteiger partial charge on any atom is -0.197 e. The van der Waals surface area contributed by atoms with Gasteiger partial charge in [0.25, 0.3) is 0 Å². The van der Waals surface area contributed by atoms with E-state index in [0.717, 1.165) is 12.8 Å². The number of hydrogen-bond donors (Lipinski definition) is 0. The molecule has 0 bridgehead atoms. The second kappa shape index (κ2) is 4.38. The zero-order valence-corrected chi connectivity index (χ0v) is 11.6. The third-order valence-corrected chi connectivity index (χ3v) is 4.80. The van der Waals surface area contributed by atoms with Crippen LogP contribution < -0.4 is 0 Å². The molecule has 1 nitrogen and oxygen atoms in total. The topological polar surface area (TPSA) is 23.8 Å². The van der Waals surface area contributed by atoms with Crippen LogP contribution in [-0.2, 0) is 5.41 Å². The fourth-order valence-electron chi connectivity index (χ4n) is 1.98. The van der Waals surface area contributed by atoms with Gasteiger partial charge in [-0.25, -0.2) is 0 Å². The summed E-state index contributed by atoms with van der Waals surface area (Å²) in [5.41, 5.74) is 1.55. The molecular formula is C15H19NS. The Labute approximate surface area is 108 Å². The molecule has 2 heteroatoms. The normalized spacial score (nSPS) is 18.2. The van der Waals surface area contributed by atoms with Gasteiger partial charge in [-0.15, -0.1) is 11.8 Å². The van der Waals surface area contributed by atoms with Crippen molar-refractivity contribution in [3.63, 3.8) is 0 Å². The first-order valence-corrected chi connectivity index (χ1v) is 6.98. The van der Waals surface area contributed by atoms with Gasteiger partial charge in [0, 0.05) is 4.90 Å². The van der Waals surface area contributed by atoms with Gasteiger partial charge in [-0.05, 0) is 42.4 Å². The van der Waals surface area contributed by atoms with E-state index in [4.69, 9.17) is 0 Å². The van der Waals surface area contributed by atoms with Gasteiger partial charge in [0.2, 0.25) is 0 Å². The van der Waals surface area contributed by atoms with Crippen molar-refractivity contribution in [2.45, 2.75) is 55.1 Å². The van der Waals surface area contributed by atoms with Gasteiger partial charge in [0.05, 0.1) is 6.07 Å². The SMILES string of the molecule is CC(C)(C)c1ccc(SC2(C#N)CCC2)cc1. The van der Waals surface area contributed by atoms with Crippen LogP contribution in [0.4, 0.5) is 0 Å². The first kappa shape index (κ1) is 12.5. The van der Waals surface area contributed by atoms with Gasteiger partial charge in [-0.1, -0.05) is 32.9 Å². The zero-order chi connectivity index (χ0) is 12.5. The van der Waals surface area contributed by atoms with Gasteiger partial charge >= 0.3 is 0 Å². The molecule has 2 rings (SSSR count). The number of rotatable bonds is 2. The Balaban J connectivity index is 2.12. The molecule has 1 fully saturated rings. The van der Waals surface area contributed by atoms with Crippen molar-refractivity contribution in [1.29, 1.82) is 5.26 Å². The summed E-state index contributed by atoms with van der Waals surface area (Å²) >= 11 is 1.74. The van der Waals surface area contributed by atoms with Crippen molar-refractivity contribution < 1.29 is 0 Å². The summed E-state index contributed by atoms with van der Waals surface area (Å²) in [6.07, 6.45) is 3.27. The first-order valence-electron chi connectivity index (χ1n) is 6.16. The summed E-state index contributed by atoms with van der Waals surface area (Å²) in [7, 11) is 0. The highest BCUT2D eigenvalue weighted by Crippen LogP contribution is 2.47. The lowest BCUT2D eigenvalue weighted by Gasteiger charge is -2.34. The molecule has 1 saturated carbocycles. The molecule has 0 atom stereocenters. The molecular weight excluding hydrogens is 226 g/mol. The minimum absolute atomic E-state index is 0.136. The first-order chi connectivity index (χ1) is 7.95. The van der Waals surface area contributed by atoms with E-state index in [1.807, 2.05) is 0 Å². The van der Waals surface area contributed by atoms with Crippen LogP contribution in [0.5, 0.6) is 0 Å². The largest absolute Gasteiger partial charge is 0.197 e. The lowest BCUT2D eigenvalue weighted by Crippen LogP contribution is -2.30. The van der Waals surface area contributed by atoms with E-state index < -0.39 is 0 Å². The van der Waals surface area contributed by atoms with Crippen molar-refractivity contribution in [3.05, 3.63) is 29.8 Å². The average Bonchev–Trinajstić information content (AvgIpc) is 2.23. The predicted molar refractivity (Wildman–Crippen MR) is 73.2 cm³/mol. The molecule has 0 amide bonds.